The van der Waals surface area contributed by atoms with Gasteiger partial charge in [0.1, 0.15) is 12.6 Å². The van der Waals surface area contributed by atoms with Crippen LogP contribution in [-0.4, -0.2) is 38.3 Å². The van der Waals surface area contributed by atoms with Gasteiger partial charge in [0.2, 0.25) is 5.91 Å². The van der Waals surface area contributed by atoms with Crippen LogP contribution in [0.1, 0.15) is 41.7 Å². The molecule has 0 bridgehead atoms. The molecule has 9 heteroatoms. The first-order chi connectivity index (χ1) is 15.7. The summed E-state index contributed by atoms with van der Waals surface area (Å²) in [7, 11) is 1.27. The van der Waals surface area contributed by atoms with E-state index in [1.54, 1.807) is 49.4 Å². The lowest BCUT2D eigenvalue weighted by Gasteiger charge is -2.23. The number of nitrogens with zero attached hydrogens (tertiary/aromatic N) is 1. The van der Waals surface area contributed by atoms with Crippen LogP contribution in [0.2, 0.25) is 0 Å². The Bertz CT molecular complexity index is 985. The first kappa shape index (κ1) is 25.9. The van der Waals surface area contributed by atoms with Crippen LogP contribution in [0.3, 0.4) is 0 Å². The normalized spacial score (nSPS) is 13.0. The van der Waals surface area contributed by atoms with Crippen LogP contribution in [0.25, 0.3) is 11.1 Å². The van der Waals surface area contributed by atoms with E-state index in [4.69, 9.17) is 10.00 Å². The van der Waals surface area contributed by atoms with Crippen molar-refractivity contribution in [1.82, 2.24) is 10.6 Å². The SMILES string of the molecule is COC(=O)c1ccccc1-c1ccc(C(NCCC(C)CC(=O)NCC#N)C(F)(F)F)cc1. The molecule has 0 aliphatic carbocycles. The number of rotatable bonds is 10. The van der Waals surface area contributed by atoms with E-state index in [0.29, 0.717) is 23.1 Å². The molecule has 0 aliphatic rings. The van der Waals surface area contributed by atoms with Crippen LogP contribution >= 0.6 is 0 Å². The second-order valence-electron chi connectivity index (χ2n) is 7.62. The lowest BCUT2D eigenvalue weighted by atomic mass is 9.96. The summed E-state index contributed by atoms with van der Waals surface area (Å²) in [6.45, 7) is 1.73. The van der Waals surface area contributed by atoms with Gasteiger partial charge in [-0.05, 0) is 41.6 Å². The van der Waals surface area contributed by atoms with E-state index in [9.17, 15) is 22.8 Å². The Labute approximate surface area is 190 Å². The largest absolute Gasteiger partial charge is 0.465 e. The van der Waals surface area contributed by atoms with Crippen molar-refractivity contribution < 1.29 is 27.5 Å². The molecule has 33 heavy (non-hydrogen) atoms. The zero-order chi connectivity index (χ0) is 24.4. The predicted molar refractivity (Wildman–Crippen MR) is 117 cm³/mol. The summed E-state index contributed by atoms with van der Waals surface area (Å²) in [5.74, 6) is -0.985. The molecular formula is C24H26F3N3O3. The van der Waals surface area contributed by atoms with E-state index in [2.05, 4.69) is 10.6 Å². The molecule has 2 aromatic rings. The van der Waals surface area contributed by atoms with E-state index >= 15 is 0 Å². The maximum atomic E-state index is 13.7. The average Bonchev–Trinajstić information content (AvgIpc) is 2.79. The van der Waals surface area contributed by atoms with Crippen LogP contribution in [-0.2, 0) is 9.53 Å². The summed E-state index contributed by atoms with van der Waals surface area (Å²) < 4.78 is 45.9. The number of esters is 1. The van der Waals surface area contributed by atoms with Crippen molar-refractivity contribution in [2.75, 3.05) is 20.2 Å². The summed E-state index contributed by atoms with van der Waals surface area (Å²) in [5.41, 5.74) is 1.53. The van der Waals surface area contributed by atoms with Gasteiger partial charge in [-0.15, -0.1) is 0 Å². The first-order valence-electron chi connectivity index (χ1n) is 10.4. The maximum absolute atomic E-state index is 13.7. The second-order valence-corrected chi connectivity index (χ2v) is 7.62. The van der Waals surface area contributed by atoms with Crippen LogP contribution in [0, 0.1) is 17.2 Å². The minimum absolute atomic E-state index is 0.0428. The topological polar surface area (TPSA) is 91.2 Å². The van der Waals surface area contributed by atoms with Gasteiger partial charge in [-0.3, -0.25) is 4.79 Å². The highest BCUT2D eigenvalue weighted by Crippen LogP contribution is 2.34. The van der Waals surface area contributed by atoms with E-state index in [0.717, 1.165) is 0 Å². The van der Waals surface area contributed by atoms with Crippen LogP contribution < -0.4 is 10.6 Å². The molecule has 2 unspecified atom stereocenters. The number of nitriles is 1. The van der Waals surface area contributed by atoms with E-state index in [1.807, 2.05) is 0 Å². The summed E-state index contributed by atoms with van der Waals surface area (Å²) in [5, 5.41) is 13.4. The minimum Gasteiger partial charge on any atom is -0.465 e. The van der Waals surface area contributed by atoms with Crippen molar-refractivity contribution in [3.63, 3.8) is 0 Å². The van der Waals surface area contributed by atoms with E-state index < -0.39 is 18.2 Å². The lowest BCUT2D eigenvalue weighted by Crippen LogP contribution is -2.35. The third-order valence-corrected chi connectivity index (χ3v) is 5.10. The summed E-state index contributed by atoms with van der Waals surface area (Å²) in [6, 6.07) is 12.5. The lowest BCUT2D eigenvalue weighted by molar-refractivity contribution is -0.157. The molecular weight excluding hydrogens is 435 g/mol. The molecule has 2 atom stereocenters. The Morgan fingerprint density at radius 2 is 1.79 bits per heavy atom. The van der Waals surface area contributed by atoms with Crippen molar-refractivity contribution in [1.29, 1.82) is 5.26 Å². The average molecular weight is 461 g/mol. The summed E-state index contributed by atoms with van der Waals surface area (Å²) >= 11 is 0. The molecule has 0 saturated carbocycles. The third-order valence-electron chi connectivity index (χ3n) is 5.10. The number of methoxy groups -OCH3 is 1. The van der Waals surface area contributed by atoms with Gasteiger partial charge in [-0.1, -0.05) is 49.4 Å². The standard InChI is InChI=1S/C24H26F3N3O3/c1-16(15-21(31)29-14-12-28)11-13-30-22(24(25,26)27)18-9-7-17(8-10-18)19-5-3-4-6-20(19)23(32)33-2/h3-10,16,22,30H,11,13-15H2,1-2H3,(H,29,31). The minimum atomic E-state index is -4.52. The number of halogens is 3. The number of hydrogen-bond donors (Lipinski definition) is 2. The van der Waals surface area contributed by atoms with Crippen LogP contribution in [0.15, 0.2) is 48.5 Å². The fourth-order valence-electron chi connectivity index (χ4n) is 3.40. The molecule has 0 heterocycles. The molecule has 2 N–H and O–H groups in total. The van der Waals surface area contributed by atoms with Crippen LogP contribution in [0.4, 0.5) is 13.2 Å². The number of alkyl halides is 3. The molecule has 1 amide bonds. The number of benzene rings is 2. The maximum Gasteiger partial charge on any atom is 0.407 e. The Hall–Kier alpha value is -3.38. The number of hydrogen-bond acceptors (Lipinski definition) is 5. The molecule has 176 valence electrons. The smallest absolute Gasteiger partial charge is 0.407 e. The molecule has 0 fully saturated rings. The van der Waals surface area contributed by atoms with Crippen molar-refractivity contribution in [2.24, 2.45) is 5.92 Å². The monoisotopic (exact) mass is 461 g/mol. The van der Waals surface area contributed by atoms with Crippen molar-refractivity contribution in [3.05, 3.63) is 59.7 Å². The van der Waals surface area contributed by atoms with Crippen molar-refractivity contribution in [3.8, 4) is 17.2 Å². The number of ether oxygens (including phenoxy) is 1. The van der Waals surface area contributed by atoms with E-state index in [-0.39, 0.29) is 36.9 Å². The number of amides is 1. The van der Waals surface area contributed by atoms with Gasteiger partial charge in [0, 0.05) is 6.42 Å². The zero-order valence-corrected chi connectivity index (χ0v) is 18.4. The first-order valence-corrected chi connectivity index (χ1v) is 10.4. The molecule has 0 radical (unpaired) electrons. The van der Waals surface area contributed by atoms with Crippen molar-refractivity contribution in [2.45, 2.75) is 32.0 Å². The van der Waals surface area contributed by atoms with Gasteiger partial charge >= 0.3 is 12.1 Å². The molecule has 0 aliphatic heterocycles. The molecule has 0 saturated heterocycles. The third kappa shape index (κ3) is 7.61. The van der Waals surface area contributed by atoms with Gasteiger partial charge in [-0.25, -0.2) is 4.79 Å². The number of carbonyl (C=O) groups excluding carboxylic acids is 2. The van der Waals surface area contributed by atoms with Gasteiger partial charge in [-0.2, -0.15) is 18.4 Å². The second kappa shape index (κ2) is 12.0. The Morgan fingerprint density at radius 1 is 1.12 bits per heavy atom. The van der Waals surface area contributed by atoms with E-state index in [1.165, 1.54) is 19.2 Å². The summed E-state index contributed by atoms with van der Waals surface area (Å²) in [6.07, 6.45) is -4.02. The number of nitrogens with one attached hydrogen (secondary N) is 2. The highest BCUT2D eigenvalue weighted by atomic mass is 19.4. The Balaban J connectivity index is 2.09. The molecule has 6 nitrogen and oxygen atoms in total. The van der Waals surface area contributed by atoms with Gasteiger partial charge in [0.05, 0.1) is 18.7 Å². The number of carbonyl (C=O) groups is 2. The van der Waals surface area contributed by atoms with Gasteiger partial charge < -0.3 is 15.4 Å². The molecule has 2 rings (SSSR count). The fraction of sp³-hybridized carbons (Fsp3) is 0.375. The van der Waals surface area contributed by atoms with Gasteiger partial charge in [0.25, 0.3) is 0 Å². The molecule has 0 spiro atoms. The quantitative estimate of drug-likeness (QED) is 0.405. The van der Waals surface area contributed by atoms with Crippen LogP contribution in [0.5, 0.6) is 0 Å². The zero-order valence-electron chi connectivity index (χ0n) is 18.4. The Morgan fingerprint density at radius 3 is 2.39 bits per heavy atom. The Kier molecular flexibility index (Phi) is 9.43. The highest BCUT2D eigenvalue weighted by Gasteiger charge is 2.40. The predicted octanol–water partition coefficient (Wildman–Crippen LogP) is 4.39. The molecule has 2 aromatic carbocycles. The van der Waals surface area contributed by atoms with Crippen molar-refractivity contribution >= 4 is 11.9 Å². The fourth-order valence-corrected chi connectivity index (χ4v) is 3.40. The highest BCUT2D eigenvalue weighted by molar-refractivity contribution is 5.97. The molecule has 0 aromatic heterocycles. The summed E-state index contributed by atoms with van der Waals surface area (Å²) in [4.78, 5) is 23.6. The van der Waals surface area contributed by atoms with Gasteiger partial charge in [0.15, 0.2) is 0 Å².